The van der Waals surface area contributed by atoms with Crippen molar-refractivity contribution in [2.75, 3.05) is 18.4 Å². The van der Waals surface area contributed by atoms with Crippen LogP contribution >= 0.6 is 0 Å². The minimum absolute atomic E-state index is 0.845. The van der Waals surface area contributed by atoms with Crippen LogP contribution in [0.4, 0.5) is 5.69 Å². The summed E-state index contributed by atoms with van der Waals surface area (Å²) in [6.45, 7) is 1.76. The first kappa shape index (κ1) is 9.15. The standard InChI is InChI=1S/C12H12N4/c1-2-9-8-10(3-4-11(9)13-5-1)16-12-14-6-7-15-12/h1-5,8H,6-7H2,(H2,14,15,16). The van der Waals surface area contributed by atoms with E-state index in [1.54, 1.807) is 6.20 Å². The molecule has 0 bridgehead atoms. The molecule has 0 spiro atoms. The van der Waals surface area contributed by atoms with Crippen LogP contribution in [0.5, 0.6) is 0 Å². The highest BCUT2D eigenvalue weighted by atomic mass is 15.2. The van der Waals surface area contributed by atoms with Crippen LogP contribution in [-0.4, -0.2) is 24.0 Å². The molecule has 0 aliphatic carbocycles. The third-order valence-corrected chi connectivity index (χ3v) is 2.54. The van der Waals surface area contributed by atoms with Gasteiger partial charge in [-0.3, -0.25) is 9.98 Å². The molecule has 1 aliphatic heterocycles. The maximum Gasteiger partial charge on any atom is 0.195 e. The van der Waals surface area contributed by atoms with E-state index in [1.165, 1.54) is 0 Å². The molecular formula is C12H12N4. The minimum Gasteiger partial charge on any atom is -0.354 e. The molecule has 1 aromatic carbocycles. The van der Waals surface area contributed by atoms with E-state index in [2.05, 4.69) is 32.7 Å². The number of benzene rings is 1. The van der Waals surface area contributed by atoms with Crippen molar-refractivity contribution in [3.05, 3.63) is 36.5 Å². The Bertz CT molecular complexity index is 547. The molecule has 80 valence electrons. The van der Waals surface area contributed by atoms with Gasteiger partial charge >= 0.3 is 0 Å². The number of guanidine groups is 1. The van der Waals surface area contributed by atoms with E-state index in [0.717, 1.165) is 35.6 Å². The van der Waals surface area contributed by atoms with Gasteiger partial charge < -0.3 is 10.6 Å². The van der Waals surface area contributed by atoms with Crippen molar-refractivity contribution >= 4 is 22.5 Å². The van der Waals surface area contributed by atoms with Gasteiger partial charge in [-0.25, -0.2) is 0 Å². The predicted octanol–water partition coefficient (Wildman–Crippen LogP) is 1.61. The molecule has 0 unspecified atom stereocenters. The van der Waals surface area contributed by atoms with Crippen molar-refractivity contribution < 1.29 is 0 Å². The van der Waals surface area contributed by atoms with Crippen LogP contribution in [0.25, 0.3) is 10.9 Å². The quantitative estimate of drug-likeness (QED) is 0.755. The molecular weight excluding hydrogens is 200 g/mol. The molecule has 4 heteroatoms. The fourth-order valence-electron chi connectivity index (χ4n) is 1.77. The van der Waals surface area contributed by atoms with Gasteiger partial charge in [-0.1, -0.05) is 6.07 Å². The Balaban J connectivity index is 1.92. The number of aromatic nitrogens is 1. The van der Waals surface area contributed by atoms with Crippen molar-refractivity contribution in [2.24, 2.45) is 4.99 Å². The van der Waals surface area contributed by atoms with Crippen LogP contribution in [0.3, 0.4) is 0 Å². The molecule has 3 rings (SSSR count). The molecule has 0 saturated carbocycles. The van der Waals surface area contributed by atoms with E-state index in [-0.39, 0.29) is 0 Å². The Morgan fingerprint density at radius 1 is 1.25 bits per heavy atom. The van der Waals surface area contributed by atoms with Crippen molar-refractivity contribution in [3.8, 4) is 0 Å². The molecule has 4 nitrogen and oxygen atoms in total. The van der Waals surface area contributed by atoms with Crippen molar-refractivity contribution in [2.45, 2.75) is 0 Å². The zero-order chi connectivity index (χ0) is 10.8. The zero-order valence-corrected chi connectivity index (χ0v) is 8.77. The fraction of sp³-hybridized carbons (Fsp3) is 0.167. The van der Waals surface area contributed by atoms with Crippen LogP contribution in [0.2, 0.25) is 0 Å². The molecule has 0 fully saturated rings. The molecule has 16 heavy (non-hydrogen) atoms. The Kier molecular flexibility index (Phi) is 2.18. The highest BCUT2D eigenvalue weighted by molar-refractivity contribution is 5.96. The highest BCUT2D eigenvalue weighted by Crippen LogP contribution is 2.16. The monoisotopic (exact) mass is 212 g/mol. The minimum atomic E-state index is 0.845. The predicted molar refractivity (Wildman–Crippen MR) is 65.7 cm³/mol. The molecule has 2 heterocycles. The summed E-state index contributed by atoms with van der Waals surface area (Å²) in [5, 5.41) is 7.55. The summed E-state index contributed by atoms with van der Waals surface area (Å²) < 4.78 is 0. The van der Waals surface area contributed by atoms with Crippen LogP contribution in [0.15, 0.2) is 41.5 Å². The smallest absolute Gasteiger partial charge is 0.195 e. The van der Waals surface area contributed by atoms with Gasteiger partial charge in [0.1, 0.15) is 0 Å². The van der Waals surface area contributed by atoms with Crippen LogP contribution in [-0.2, 0) is 0 Å². The number of rotatable bonds is 1. The van der Waals surface area contributed by atoms with E-state index < -0.39 is 0 Å². The van der Waals surface area contributed by atoms with E-state index in [4.69, 9.17) is 0 Å². The number of hydrogen-bond donors (Lipinski definition) is 2. The maximum absolute atomic E-state index is 4.29. The Hall–Kier alpha value is -2.10. The molecule has 0 saturated heterocycles. The second-order valence-electron chi connectivity index (χ2n) is 3.69. The van der Waals surface area contributed by atoms with E-state index in [0.29, 0.717) is 0 Å². The molecule has 2 N–H and O–H groups in total. The van der Waals surface area contributed by atoms with Gasteiger partial charge in [0.15, 0.2) is 5.96 Å². The third-order valence-electron chi connectivity index (χ3n) is 2.54. The zero-order valence-electron chi connectivity index (χ0n) is 8.77. The number of pyridine rings is 1. The molecule has 0 radical (unpaired) electrons. The van der Waals surface area contributed by atoms with Gasteiger partial charge in [-0.2, -0.15) is 0 Å². The molecule has 0 amide bonds. The van der Waals surface area contributed by atoms with Gasteiger partial charge in [0, 0.05) is 23.8 Å². The van der Waals surface area contributed by atoms with Crippen LogP contribution < -0.4 is 10.6 Å². The van der Waals surface area contributed by atoms with Crippen LogP contribution in [0.1, 0.15) is 0 Å². The summed E-state index contributed by atoms with van der Waals surface area (Å²) in [4.78, 5) is 8.57. The molecule has 1 aromatic heterocycles. The summed E-state index contributed by atoms with van der Waals surface area (Å²) in [7, 11) is 0. The summed E-state index contributed by atoms with van der Waals surface area (Å²) in [5.41, 5.74) is 2.04. The van der Waals surface area contributed by atoms with Crippen molar-refractivity contribution in [1.82, 2.24) is 10.3 Å². The number of hydrogen-bond acceptors (Lipinski definition) is 4. The highest BCUT2D eigenvalue weighted by Gasteiger charge is 2.04. The van der Waals surface area contributed by atoms with E-state index in [1.807, 2.05) is 18.2 Å². The second-order valence-corrected chi connectivity index (χ2v) is 3.69. The summed E-state index contributed by atoms with van der Waals surface area (Å²) in [6.07, 6.45) is 1.80. The van der Waals surface area contributed by atoms with Gasteiger partial charge in [0.25, 0.3) is 0 Å². The molecule has 0 atom stereocenters. The van der Waals surface area contributed by atoms with Gasteiger partial charge in [0.2, 0.25) is 0 Å². The van der Waals surface area contributed by atoms with Gasteiger partial charge in [0.05, 0.1) is 12.1 Å². The van der Waals surface area contributed by atoms with Gasteiger partial charge in [-0.15, -0.1) is 0 Å². The molecule has 1 aliphatic rings. The lowest BCUT2D eigenvalue weighted by atomic mass is 10.2. The average molecular weight is 212 g/mol. The number of aliphatic imine (C=N–C) groups is 1. The number of nitrogens with zero attached hydrogens (tertiary/aromatic N) is 2. The SMILES string of the molecule is c1cnc2ccc(NC3=NCCN3)cc2c1. The first-order chi connectivity index (χ1) is 7.92. The largest absolute Gasteiger partial charge is 0.354 e. The second kappa shape index (κ2) is 3.81. The number of fused-ring (bicyclic) bond motifs is 1. The Labute approximate surface area is 93.4 Å². The first-order valence-electron chi connectivity index (χ1n) is 5.32. The Morgan fingerprint density at radius 2 is 2.25 bits per heavy atom. The summed E-state index contributed by atoms with van der Waals surface area (Å²) in [6, 6.07) is 10.1. The van der Waals surface area contributed by atoms with E-state index >= 15 is 0 Å². The lowest BCUT2D eigenvalue weighted by Gasteiger charge is -2.07. The summed E-state index contributed by atoms with van der Waals surface area (Å²) in [5.74, 6) is 0.850. The van der Waals surface area contributed by atoms with E-state index in [9.17, 15) is 0 Å². The first-order valence-corrected chi connectivity index (χ1v) is 5.32. The van der Waals surface area contributed by atoms with Crippen molar-refractivity contribution in [1.29, 1.82) is 0 Å². The maximum atomic E-state index is 4.29. The Morgan fingerprint density at radius 3 is 3.12 bits per heavy atom. The summed E-state index contributed by atoms with van der Waals surface area (Å²) >= 11 is 0. The third kappa shape index (κ3) is 1.69. The average Bonchev–Trinajstić information content (AvgIpc) is 2.82. The fourth-order valence-corrected chi connectivity index (χ4v) is 1.77. The van der Waals surface area contributed by atoms with Gasteiger partial charge in [-0.05, 0) is 24.3 Å². The lowest BCUT2D eigenvalue weighted by molar-refractivity contribution is 0.959. The lowest BCUT2D eigenvalue weighted by Crippen LogP contribution is -2.26. The number of nitrogens with one attached hydrogen (secondary N) is 2. The number of anilines is 1. The van der Waals surface area contributed by atoms with Crippen LogP contribution in [0, 0.1) is 0 Å². The topological polar surface area (TPSA) is 49.3 Å². The van der Waals surface area contributed by atoms with Crippen molar-refractivity contribution in [3.63, 3.8) is 0 Å². The molecule has 2 aromatic rings. The normalized spacial score (nSPS) is 14.6.